The molecular formula is C14H30IN3O4S. The molecule has 1 fully saturated rings. The molecule has 1 atom stereocenters. The third kappa shape index (κ3) is 8.50. The van der Waals surface area contributed by atoms with Crippen LogP contribution in [0.1, 0.15) is 26.7 Å². The van der Waals surface area contributed by atoms with Gasteiger partial charge in [-0.1, -0.05) is 0 Å². The van der Waals surface area contributed by atoms with Crippen LogP contribution >= 0.6 is 24.0 Å². The zero-order chi connectivity index (χ0) is 16.6. The van der Waals surface area contributed by atoms with Gasteiger partial charge in [-0.15, -0.1) is 24.0 Å². The molecule has 1 aliphatic heterocycles. The molecule has 1 heterocycles. The molecule has 0 aliphatic carbocycles. The average Bonchev–Trinajstić information content (AvgIpc) is 2.93. The van der Waals surface area contributed by atoms with E-state index in [4.69, 9.17) is 9.47 Å². The molecule has 0 spiro atoms. The van der Waals surface area contributed by atoms with Crippen LogP contribution in [-0.2, 0) is 19.3 Å². The molecular weight excluding hydrogens is 433 g/mol. The molecule has 1 aliphatic rings. The van der Waals surface area contributed by atoms with Crippen molar-refractivity contribution in [2.75, 3.05) is 46.2 Å². The Hall–Kier alpha value is -0.130. The molecule has 0 radical (unpaired) electrons. The highest BCUT2D eigenvalue weighted by Crippen LogP contribution is 2.13. The summed E-state index contributed by atoms with van der Waals surface area (Å²) in [6.45, 7) is 6.56. The van der Waals surface area contributed by atoms with Gasteiger partial charge < -0.3 is 20.1 Å². The smallest absolute Gasteiger partial charge is 0.191 e. The first-order chi connectivity index (χ1) is 10.3. The number of nitrogens with one attached hydrogen (secondary N) is 2. The van der Waals surface area contributed by atoms with Crippen molar-refractivity contribution in [1.82, 2.24) is 10.6 Å². The third-order valence-electron chi connectivity index (χ3n) is 3.76. The van der Waals surface area contributed by atoms with Crippen molar-refractivity contribution in [2.45, 2.75) is 37.5 Å². The maximum atomic E-state index is 11.7. The number of guanidine groups is 1. The van der Waals surface area contributed by atoms with Gasteiger partial charge in [0.15, 0.2) is 15.8 Å². The van der Waals surface area contributed by atoms with Crippen molar-refractivity contribution in [2.24, 2.45) is 4.99 Å². The lowest BCUT2D eigenvalue weighted by molar-refractivity contribution is 0.0420. The van der Waals surface area contributed by atoms with Crippen LogP contribution in [0.5, 0.6) is 0 Å². The van der Waals surface area contributed by atoms with E-state index in [-0.39, 0.29) is 30.1 Å². The van der Waals surface area contributed by atoms with E-state index in [2.05, 4.69) is 15.6 Å². The van der Waals surface area contributed by atoms with Crippen molar-refractivity contribution < 1.29 is 17.9 Å². The summed E-state index contributed by atoms with van der Waals surface area (Å²) in [7, 11) is -1.46. The minimum atomic E-state index is -3.12. The molecule has 23 heavy (non-hydrogen) atoms. The van der Waals surface area contributed by atoms with Crippen LogP contribution in [0.4, 0.5) is 0 Å². The molecule has 2 N–H and O–H groups in total. The van der Waals surface area contributed by atoms with Crippen molar-refractivity contribution in [3.63, 3.8) is 0 Å². The zero-order valence-electron chi connectivity index (χ0n) is 14.4. The Bertz CT molecular complexity index is 463. The van der Waals surface area contributed by atoms with E-state index in [0.717, 1.165) is 19.4 Å². The molecule has 0 amide bonds. The molecule has 0 aromatic carbocycles. The van der Waals surface area contributed by atoms with E-state index >= 15 is 0 Å². The number of hydrogen-bond donors (Lipinski definition) is 2. The SMILES string of the molecule is CN=C(NCCCOC1CCOC1)NCC(C)(C)S(C)(=O)=O.I. The Labute approximate surface area is 156 Å². The standard InChI is InChI=1S/C14H29N3O4S.HI/c1-14(2,22(4,18)19)11-17-13(15-3)16-7-5-8-21-12-6-9-20-10-12;/h12H,5-11H2,1-4H3,(H2,15,16,17);1H. The number of aliphatic imine (C=N–C) groups is 1. The summed E-state index contributed by atoms with van der Waals surface area (Å²) in [5.41, 5.74) is 0. The number of halogens is 1. The van der Waals surface area contributed by atoms with Gasteiger partial charge in [0.1, 0.15) is 0 Å². The highest BCUT2D eigenvalue weighted by atomic mass is 127. The molecule has 1 saturated heterocycles. The normalized spacial score (nSPS) is 19.3. The number of hydrogen-bond acceptors (Lipinski definition) is 5. The van der Waals surface area contributed by atoms with Crippen LogP contribution in [0, 0.1) is 0 Å². The highest BCUT2D eigenvalue weighted by Gasteiger charge is 2.30. The summed E-state index contributed by atoms with van der Waals surface area (Å²) in [6, 6.07) is 0. The predicted octanol–water partition coefficient (Wildman–Crippen LogP) is 0.788. The maximum Gasteiger partial charge on any atom is 0.191 e. The van der Waals surface area contributed by atoms with Crippen molar-refractivity contribution in [1.29, 1.82) is 0 Å². The van der Waals surface area contributed by atoms with Crippen LogP contribution in [0.25, 0.3) is 0 Å². The Balaban J connectivity index is 0.00000484. The molecule has 1 unspecified atom stereocenters. The summed E-state index contributed by atoms with van der Waals surface area (Å²) in [6.07, 6.45) is 3.30. The Morgan fingerprint density at radius 2 is 2.09 bits per heavy atom. The lowest BCUT2D eigenvalue weighted by Crippen LogP contribution is -2.47. The fraction of sp³-hybridized carbons (Fsp3) is 0.929. The number of ether oxygens (including phenoxy) is 2. The molecule has 9 heteroatoms. The van der Waals surface area contributed by atoms with E-state index in [1.165, 1.54) is 6.26 Å². The van der Waals surface area contributed by atoms with Gasteiger partial charge in [-0.3, -0.25) is 4.99 Å². The summed E-state index contributed by atoms with van der Waals surface area (Å²) in [4.78, 5) is 4.09. The number of sulfone groups is 1. The van der Waals surface area contributed by atoms with Gasteiger partial charge in [0.2, 0.25) is 0 Å². The van der Waals surface area contributed by atoms with Crippen LogP contribution < -0.4 is 10.6 Å². The first kappa shape index (κ1) is 22.9. The van der Waals surface area contributed by atoms with Gasteiger partial charge in [-0.05, 0) is 26.7 Å². The Morgan fingerprint density at radius 3 is 2.61 bits per heavy atom. The monoisotopic (exact) mass is 463 g/mol. The lowest BCUT2D eigenvalue weighted by Gasteiger charge is -2.24. The summed E-state index contributed by atoms with van der Waals surface area (Å²) < 4.78 is 33.4. The van der Waals surface area contributed by atoms with Crippen LogP contribution in [0.3, 0.4) is 0 Å². The second-order valence-corrected chi connectivity index (χ2v) is 8.74. The van der Waals surface area contributed by atoms with Gasteiger partial charge in [0, 0.05) is 39.6 Å². The number of nitrogens with zero attached hydrogens (tertiary/aromatic N) is 1. The first-order valence-corrected chi connectivity index (χ1v) is 9.49. The van der Waals surface area contributed by atoms with Gasteiger partial charge in [0.25, 0.3) is 0 Å². The molecule has 0 bridgehead atoms. The maximum absolute atomic E-state index is 11.7. The third-order valence-corrected chi connectivity index (χ3v) is 5.92. The fourth-order valence-corrected chi connectivity index (χ4v) is 2.16. The molecule has 7 nitrogen and oxygen atoms in total. The van der Waals surface area contributed by atoms with E-state index in [1.54, 1.807) is 20.9 Å². The topological polar surface area (TPSA) is 89.0 Å². The zero-order valence-corrected chi connectivity index (χ0v) is 17.6. The number of rotatable bonds is 8. The summed E-state index contributed by atoms with van der Waals surface area (Å²) in [5.74, 6) is 0.598. The predicted molar refractivity (Wildman–Crippen MR) is 103 cm³/mol. The largest absolute Gasteiger partial charge is 0.379 e. The quantitative estimate of drug-likeness (QED) is 0.240. The summed E-state index contributed by atoms with van der Waals surface area (Å²) >= 11 is 0. The Kier molecular flexibility index (Phi) is 10.6. The van der Waals surface area contributed by atoms with E-state index in [9.17, 15) is 8.42 Å². The van der Waals surface area contributed by atoms with Gasteiger partial charge in [-0.2, -0.15) is 0 Å². The average molecular weight is 463 g/mol. The molecule has 0 aromatic heterocycles. The van der Waals surface area contributed by atoms with Gasteiger partial charge in [0.05, 0.1) is 17.5 Å². The fourth-order valence-electron chi connectivity index (χ4n) is 1.82. The minimum absolute atomic E-state index is 0. The lowest BCUT2D eigenvalue weighted by atomic mass is 10.2. The van der Waals surface area contributed by atoms with Crippen LogP contribution in [0.15, 0.2) is 4.99 Å². The molecule has 138 valence electrons. The summed E-state index contributed by atoms with van der Waals surface area (Å²) in [5, 5.41) is 6.20. The molecule has 1 rings (SSSR count). The highest BCUT2D eigenvalue weighted by molar-refractivity contribution is 14.0. The van der Waals surface area contributed by atoms with E-state index < -0.39 is 14.6 Å². The van der Waals surface area contributed by atoms with Gasteiger partial charge >= 0.3 is 0 Å². The molecule has 0 saturated carbocycles. The molecule has 0 aromatic rings. The van der Waals surface area contributed by atoms with Crippen molar-refractivity contribution in [3.05, 3.63) is 0 Å². The van der Waals surface area contributed by atoms with E-state index in [1.807, 2.05) is 0 Å². The minimum Gasteiger partial charge on any atom is -0.379 e. The van der Waals surface area contributed by atoms with Crippen LogP contribution in [-0.4, -0.2) is 71.4 Å². The van der Waals surface area contributed by atoms with Crippen molar-refractivity contribution in [3.8, 4) is 0 Å². The second kappa shape index (κ2) is 10.7. The van der Waals surface area contributed by atoms with E-state index in [0.29, 0.717) is 32.3 Å². The Morgan fingerprint density at radius 1 is 1.39 bits per heavy atom. The van der Waals surface area contributed by atoms with Gasteiger partial charge in [-0.25, -0.2) is 8.42 Å². The van der Waals surface area contributed by atoms with Crippen molar-refractivity contribution >= 4 is 39.8 Å². The first-order valence-electron chi connectivity index (χ1n) is 7.60. The second-order valence-electron chi connectivity index (χ2n) is 6.09. The van der Waals surface area contributed by atoms with Crippen LogP contribution in [0.2, 0.25) is 0 Å².